The summed E-state index contributed by atoms with van der Waals surface area (Å²) in [5.41, 5.74) is 2.54. The smallest absolute Gasteiger partial charge is 0.147 e. The van der Waals surface area contributed by atoms with Crippen LogP contribution in [-0.4, -0.2) is 44.9 Å². The molecule has 0 bridgehead atoms. The van der Waals surface area contributed by atoms with Crippen molar-refractivity contribution in [2.75, 3.05) is 40.0 Å². The van der Waals surface area contributed by atoms with Gasteiger partial charge in [-0.3, -0.25) is 9.89 Å². The van der Waals surface area contributed by atoms with Gasteiger partial charge in [-0.1, -0.05) is 19.1 Å². The molecular formula is C18H26N2O2. The number of ether oxygens (including phenoxy) is 2. The van der Waals surface area contributed by atoms with E-state index in [1.807, 2.05) is 0 Å². The Kier molecular flexibility index (Phi) is 4.79. The van der Waals surface area contributed by atoms with E-state index in [1.165, 1.54) is 16.3 Å². The predicted octanol–water partition coefficient (Wildman–Crippen LogP) is 1.28. The van der Waals surface area contributed by atoms with Crippen molar-refractivity contribution in [3.05, 3.63) is 27.8 Å². The van der Waals surface area contributed by atoms with E-state index in [0.29, 0.717) is 5.92 Å². The Balaban J connectivity index is 2.01. The van der Waals surface area contributed by atoms with Crippen LogP contribution in [0.15, 0.2) is 11.1 Å². The number of benzene rings is 1. The first-order chi connectivity index (χ1) is 10.7. The van der Waals surface area contributed by atoms with Gasteiger partial charge in [0.25, 0.3) is 0 Å². The summed E-state index contributed by atoms with van der Waals surface area (Å²) in [6, 6.07) is 2.27. The number of fused-ring (bicyclic) bond motifs is 1. The van der Waals surface area contributed by atoms with Crippen LogP contribution in [0.2, 0.25) is 0 Å². The van der Waals surface area contributed by atoms with E-state index in [4.69, 9.17) is 14.5 Å². The van der Waals surface area contributed by atoms with E-state index in [-0.39, 0.29) is 0 Å². The number of hydrogen-bond donors (Lipinski definition) is 0. The molecule has 1 aromatic rings. The molecule has 120 valence electrons. The van der Waals surface area contributed by atoms with Crippen LogP contribution in [0.4, 0.5) is 0 Å². The molecular weight excluding hydrogens is 276 g/mol. The van der Waals surface area contributed by atoms with Gasteiger partial charge < -0.3 is 9.47 Å². The van der Waals surface area contributed by atoms with Crippen LogP contribution in [0.5, 0.6) is 5.75 Å². The molecule has 0 aliphatic carbocycles. The van der Waals surface area contributed by atoms with E-state index in [9.17, 15) is 0 Å². The lowest BCUT2D eigenvalue weighted by Crippen LogP contribution is -2.38. The second-order valence-corrected chi connectivity index (χ2v) is 6.37. The molecule has 0 unspecified atom stereocenters. The van der Waals surface area contributed by atoms with Crippen LogP contribution in [0.1, 0.15) is 24.5 Å². The fourth-order valence-electron chi connectivity index (χ4n) is 3.37. The molecule has 4 nitrogen and oxygen atoms in total. The summed E-state index contributed by atoms with van der Waals surface area (Å²) in [7, 11) is 1.74. The van der Waals surface area contributed by atoms with E-state index in [0.717, 1.165) is 56.9 Å². The first-order valence-electron chi connectivity index (χ1n) is 8.22. The molecule has 1 saturated heterocycles. The molecule has 0 amide bonds. The van der Waals surface area contributed by atoms with E-state index in [1.54, 1.807) is 7.11 Å². The zero-order chi connectivity index (χ0) is 15.5. The maximum atomic E-state index is 5.60. The third kappa shape index (κ3) is 3.18. The average molecular weight is 302 g/mol. The van der Waals surface area contributed by atoms with Gasteiger partial charge in [0.15, 0.2) is 0 Å². The third-order valence-electron chi connectivity index (χ3n) is 4.47. The van der Waals surface area contributed by atoms with Gasteiger partial charge in [0, 0.05) is 38.0 Å². The van der Waals surface area contributed by atoms with Gasteiger partial charge in [0.1, 0.15) is 11.1 Å². The monoisotopic (exact) mass is 302 g/mol. The highest BCUT2D eigenvalue weighted by Gasteiger charge is 2.16. The maximum Gasteiger partial charge on any atom is 0.147 e. The molecule has 0 radical (unpaired) electrons. The third-order valence-corrected chi connectivity index (χ3v) is 4.47. The summed E-state index contributed by atoms with van der Waals surface area (Å²) in [6.45, 7) is 9.98. The summed E-state index contributed by atoms with van der Waals surface area (Å²) in [5.74, 6) is 1.42. The normalized spacial score (nSPS) is 22.2. The van der Waals surface area contributed by atoms with Crippen molar-refractivity contribution >= 4 is 6.08 Å². The molecule has 0 saturated carbocycles. The van der Waals surface area contributed by atoms with Crippen LogP contribution in [0.25, 0.3) is 6.08 Å². The Labute approximate surface area is 132 Å². The molecule has 1 aromatic carbocycles. The summed E-state index contributed by atoms with van der Waals surface area (Å²) >= 11 is 0. The zero-order valence-corrected chi connectivity index (χ0v) is 13.9. The number of methoxy groups -OCH3 is 1. The fourth-order valence-corrected chi connectivity index (χ4v) is 3.37. The summed E-state index contributed by atoms with van der Waals surface area (Å²) < 4.78 is 11.2. The van der Waals surface area contributed by atoms with E-state index < -0.39 is 0 Å². The van der Waals surface area contributed by atoms with Crippen molar-refractivity contribution in [2.24, 2.45) is 10.9 Å². The van der Waals surface area contributed by atoms with Crippen molar-refractivity contribution in [3.63, 3.8) is 0 Å². The zero-order valence-electron chi connectivity index (χ0n) is 13.9. The average Bonchev–Trinajstić information content (AvgIpc) is 2.77. The highest BCUT2D eigenvalue weighted by atomic mass is 16.5. The molecule has 1 fully saturated rings. The maximum absolute atomic E-state index is 5.60. The molecule has 3 rings (SSSR count). The first kappa shape index (κ1) is 15.5. The second kappa shape index (κ2) is 6.80. The second-order valence-electron chi connectivity index (χ2n) is 6.37. The van der Waals surface area contributed by atoms with Gasteiger partial charge >= 0.3 is 0 Å². The van der Waals surface area contributed by atoms with Crippen LogP contribution >= 0.6 is 0 Å². The van der Waals surface area contributed by atoms with Gasteiger partial charge in [-0.05, 0) is 30.4 Å². The van der Waals surface area contributed by atoms with Crippen LogP contribution in [0.3, 0.4) is 0 Å². The van der Waals surface area contributed by atoms with E-state index >= 15 is 0 Å². The fraction of sp³-hybridized carbons (Fsp3) is 0.611. The molecule has 0 N–H and O–H groups in total. The molecule has 0 spiro atoms. The lowest BCUT2D eigenvalue weighted by atomic mass is 10.00. The summed E-state index contributed by atoms with van der Waals surface area (Å²) in [6.07, 6.45) is 3.47. The van der Waals surface area contributed by atoms with Crippen molar-refractivity contribution in [3.8, 4) is 5.75 Å². The minimum absolute atomic E-state index is 0.492. The first-order valence-corrected chi connectivity index (χ1v) is 8.22. The van der Waals surface area contributed by atoms with Crippen molar-refractivity contribution in [1.29, 1.82) is 0 Å². The summed E-state index contributed by atoms with van der Waals surface area (Å²) in [5, 5.41) is 2.31. The summed E-state index contributed by atoms with van der Waals surface area (Å²) in [4.78, 5) is 7.27. The van der Waals surface area contributed by atoms with Crippen molar-refractivity contribution in [2.45, 2.75) is 26.8 Å². The Bertz CT molecular complexity index is 646. The molecule has 1 atom stereocenters. The minimum atomic E-state index is 0.492. The van der Waals surface area contributed by atoms with Crippen LogP contribution in [-0.2, 0) is 11.3 Å². The molecule has 22 heavy (non-hydrogen) atoms. The van der Waals surface area contributed by atoms with E-state index in [2.05, 4.69) is 30.9 Å². The van der Waals surface area contributed by atoms with Gasteiger partial charge in [-0.15, -0.1) is 0 Å². The largest absolute Gasteiger partial charge is 0.494 e. The number of aryl methyl sites for hydroxylation is 1. The Morgan fingerprint density at radius 1 is 1.36 bits per heavy atom. The van der Waals surface area contributed by atoms with Crippen molar-refractivity contribution in [1.82, 2.24) is 4.90 Å². The number of hydrogen-bond acceptors (Lipinski definition) is 4. The highest BCUT2D eigenvalue weighted by molar-refractivity contribution is 5.43. The molecule has 0 aromatic heterocycles. The Hall–Kier alpha value is -1.39. The molecule has 2 aliphatic rings. The van der Waals surface area contributed by atoms with Gasteiger partial charge in [-0.2, -0.15) is 0 Å². The topological polar surface area (TPSA) is 34.1 Å². The van der Waals surface area contributed by atoms with Crippen molar-refractivity contribution < 1.29 is 9.47 Å². The SMILES string of the molecule is COc1c(C)cc(CN2CCCOCC2)c2c1=NC[C@@H](C)C=2. The van der Waals surface area contributed by atoms with Crippen LogP contribution in [0, 0.1) is 12.8 Å². The Morgan fingerprint density at radius 3 is 3.05 bits per heavy atom. The van der Waals surface area contributed by atoms with Crippen LogP contribution < -0.4 is 15.3 Å². The molecule has 2 aliphatic heterocycles. The number of rotatable bonds is 3. The molecule has 4 heteroatoms. The lowest BCUT2D eigenvalue weighted by molar-refractivity contribution is 0.140. The highest BCUT2D eigenvalue weighted by Crippen LogP contribution is 2.15. The quantitative estimate of drug-likeness (QED) is 0.843. The molecule has 2 heterocycles. The number of nitrogens with zero attached hydrogens (tertiary/aromatic N) is 2. The minimum Gasteiger partial charge on any atom is -0.494 e. The van der Waals surface area contributed by atoms with Gasteiger partial charge in [0.2, 0.25) is 0 Å². The van der Waals surface area contributed by atoms with Gasteiger partial charge in [-0.25, -0.2) is 0 Å². The predicted molar refractivity (Wildman–Crippen MR) is 87.7 cm³/mol. The Morgan fingerprint density at radius 2 is 2.23 bits per heavy atom. The van der Waals surface area contributed by atoms with Gasteiger partial charge in [0.05, 0.1) is 13.7 Å². The lowest BCUT2D eigenvalue weighted by Gasteiger charge is -2.22. The standard InChI is InChI=1S/C18H26N2O2/c1-13-9-16-15(12-20-5-4-7-22-8-6-20)10-14(2)18(21-3)17(16)19-11-13/h9-10,13H,4-8,11-12H2,1-3H3/t13-/m0/s1.